The quantitative estimate of drug-likeness (QED) is 0.830. The summed E-state index contributed by atoms with van der Waals surface area (Å²) in [5, 5.41) is 2.78. The standard InChI is InChI=1S/C19H26N2O4/c1-13(17(23)20-19(2,3)4)25-18(24)15-9-7-14(8-10-15)12-21-11-5-6-16(21)22/h7-10,13H,5-6,11-12H2,1-4H3,(H,20,23). The highest BCUT2D eigenvalue weighted by Crippen LogP contribution is 2.15. The molecule has 2 amide bonds. The summed E-state index contributed by atoms with van der Waals surface area (Å²) in [6, 6.07) is 6.93. The van der Waals surface area contributed by atoms with E-state index in [0.29, 0.717) is 18.5 Å². The Hall–Kier alpha value is -2.37. The van der Waals surface area contributed by atoms with Gasteiger partial charge >= 0.3 is 5.97 Å². The number of ether oxygens (including phenoxy) is 1. The highest BCUT2D eigenvalue weighted by molar-refractivity contribution is 5.92. The van der Waals surface area contributed by atoms with E-state index >= 15 is 0 Å². The molecule has 1 N–H and O–H groups in total. The molecule has 0 radical (unpaired) electrons. The number of esters is 1. The number of carbonyl (C=O) groups is 3. The van der Waals surface area contributed by atoms with Gasteiger partial charge in [0.25, 0.3) is 5.91 Å². The van der Waals surface area contributed by atoms with E-state index in [1.54, 1.807) is 19.1 Å². The van der Waals surface area contributed by atoms with Crippen LogP contribution in [-0.4, -0.2) is 40.9 Å². The van der Waals surface area contributed by atoms with E-state index in [2.05, 4.69) is 5.32 Å². The number of rotatable bonds is 5. The Morgan fingerprint density at radius 3 is 2.40 bits per heavy atom. The Morgan fingerprint density at radius 1 is 1.24 bits per heavy atom. The lowest BCUT2D eigenvalue weighted by atomic mass is 10.1. The van der Waals surface area contributed by atoms with E-state index in [1.165, 1.54) is 0 Å². The summed E-state index contributed by atoms with van der Waals surface area (Å²) < 4.78 is 5.22. The zero-order valence-electron chi connectivity index (χ0n) is 15.3. The Morgan fingerprint density at radius 2 is 1.88 bits per heavy atom. The first kappa shape index (κ1) is 19.0. The Bertz CT molecular complexity index is 646. The number of nitrogens with one attached hydrogen (secondary N) is 1. The van der Waals surface area contributed by atoms with Crippen LogP contribution in [0.2, 0.25) is 0 Å². The lowest BCUT2D eigenvalue weighted by Gasteiger charge is -2.23. The normalized spacial score (nSPS) is 15.8. The number of likely N-dealkylation sites (tertiary alicyclic amines) is 1. The van der Waals surface area contributed by atoms with Gasteiger partial charge in [0, 0.05) is 25.0 Å². The van der Waals surface area contributed by atoms with Crippen LogP contribution >= 0.6 is 0 Å². The van der Waals surface area contributed by atoms with Crippen LogP contribution in [0, 0.1) is 0 Å². The van der Waals surface area contributed by atoms with Crippen LogP contribution in [0.15, 0.2) is 24.3 Å². The van der Waals surface area contributed by atoms with Gasteiger partial charge in [0.15, 0.2) is 6.10 Å². The van der Waals surface area contributed by atoms with Crippen molar-refractivity contribution >= 4 is 17.8 Å². The molecule has 0 bridgehead atoms. The third-order valence-corrected chi connectivity index (χ3v) is 3.89. The maximum absolute atomic E-state index is 12.2. The predicted molar refractivity (Wildman–Crippen MR) is 93.9 cm³/mol. The van der Waals surface area contributed by atoms with Crippen LogP contribution in [0.1, 0.15) is 56.5 Å². The summed E-state index contributed by atoms with van der Waals surface area (Å²) in [6.45, 7) is 8.48. The van der Waals surface area contributed by atoms with Crippen molar-refractivity contribution in [1.29, 1.82) is 0 Å². The third kappa shape index (κ3) is 5.59. The molecule has 2 rings (SSSR count). The minimum absolute atomic E-state index is 0.169. The fraction of sp³-hybridized carbons (Fsp3) is 0.526. The van der Waals surface area contributed by atoms with Crippen molar-refractivity contribution in [2.24, 2.45) is 0 Å². The van der Waals surface area contributed by atoms with Crippen LogP contribution < -0.4 is 5.32 Å². The van der Waals surface area contributed by atoms with Gasteiger partial charge in [-0.1, -0.05) is 12.1 Å². The second-order valence-corrected chi connectivity index (χ2v) is 7.40. The first-order valence-electron chi connectivity index (χ1n) is 8.55. The van der Waals surface area contributed by atoms with Crippen LogP contribution in [0.5, 0.6) is 0 Å². The number of carbonyl (C=O) groups excluding carboxylic acids is 3. The van der Waals surface area contributed by atoms with Crippen molar-refractivity contribution in [3.63, 3.8) is 0 Å². The molecular weight excluding hydrogens is 320 g/mol. The molecule has 1 saturated heterocycles. The molecule has 1 heterocycles. The van der Waals surface area contributed by atoms with Crippen molar-refractivity contribution in [2.75, 3.05) is 6.54 Å². The van der Waals surface area contributed by atoms with Crippen LogP contribution in [0.4, 0.5) is 0 Å². The first-order valence-corrected chi connectivity index (χ1v) is 8.55. The fourth-order valence-electron chi connectivity index (χ4n) is 2.59. The molecule has 0 aliphatic carbocycles. The summed E-state index contributed by atoms with van der Waals surface area (Å²) >= 11 is 0. The maximum atomic E-state index is 12.2. The Labute approximate surface area is 148 Å². The van der Waals surface area contributed by atoms with Crippen LogP contribution in [0.25, 0.3) is 0 Å². The van der Waals surface area contributed by atoms with Crippen molar-refractivity contribution < 1.29 is 19.1 Å². The molecule has 6 nitrogen and oxygen atoms in total. The second-order valence-electron chi connectivity index (χ2n) is 7.40. The van der Waals surface area contributed by atoms with Gasteiger partial charge in [-0.15, -0.1) is 0 Å². The van der Waals surface area contributed by atoms with Crippen LogP contribution in [0.3, 0.4) is 0 Å². The molecule has 0 saturated carbocycles. The minimum Gasteiger partial charge on any atom is -0.449 e. The molecule has 0 aromatic heterocycles. The third-order valence-electron chi connectivity index (χ3n) is 3.89. The van der Waals surface area contributed by atoms with Gasteiger partial charge in [-0.25, -0.2) is 4.79 Å². The smallest absolute Gasteiger partial charge is 0.338 e. The lowest BCUT2D eigenvalue weighted by Crippen LogP contribution is -2.46. The zero-order chi connectivity index (χ0) is 18.6. The van der Waals surface area contributed by atoms with E-state index in [4.69, 9.17) is 4.74 Å². The average Bonchev–Trinajstić information content (AvgIpc) is 2.91. The second kappa shape index (κ2) is 7.68. The summed E-state index contributed by atoms with van der Waals surface area (Å²) in [5.41, 5.74) is 0.962. The van der Waals surface area contributed by atoms with Crippen molar-refractivity contribution in [2.45, 2.75) is 58.7 Å². The number of hydrogen-bond acceptors (Lipinski definition) is 4. The number of benzene rings is 1. The average molecular weight is 346 g/mol. The number of nitrogens with zero attached hydrogens (tertiary/aromatic N) is 1. The molecule has 1 aliphatic rings. The highest BCUT2D eigenvalue weighted by atomic mass is 16.5. The molecule has 1 atom stereocenters. The summed E-state index contributed by atoms with van der Waals surface area (Å²) in [6.07, 6.45) is 0.644. The van der Waals surface area contributed by atoms with E-state index < -0.39 is 12.1 Å². The Balaban J connectivity index is 1.91. The molecule has 1 aromatic carbocycles. The molecule has 0 spiro atoms. The summed E-state index contributed by atoms with van der Waals surface area (Å²) in [7, 11) is 0. The predicted octanol–water partition coefficient (Wildman–Crippen LogP) is 2.27. The first-order chi connectivity index (χ1) is 11.7. The molecule has 1 fully saturated rings. The van der Waals surface area contributed by atoms with E-state index in [-0.39, 0.29) is 17.4 Å². The van der Waals surface area contributed by atoms with Gasteiger partial charge in [0.1, 0.15) is 0 Å². The summed E-state index contributed by atoms with van der Waals surface area (Å²) in [5.74, 6) is -0.701. The van der Waals surface area contributed by atoms with Crippen LogP contribution in [-0.2, 0) is 20.9 Å². The minimum atomic E-state index is -0.867. The topological polar surface area (TPSA) is 75.7 Å². The largest absolute Gasteiger partial charge is 0.449 e. The molecular formula is C19H26N2O4. The van der Waals surface area contributed by atoms with Crippen molar-refractivity contribution in [3.05, 3.63) is 35.4 Å². The van der Waals surface area contributed by atoms with Gasteiger partial charge < -0.3 is 15.0 Å². The molecule has 1 aromatic rings. The molecule has 1 aliphatic heterocycles. The highest BCUT2D eigenvalue weighted by Gasteiger charge is 2.23. The maximum Gasteiger partial charge on any atom is 0.338 e. The molecule has 25 heavy (non-hydrogen) atoms. The fourth-order valence-corrected chi connectivity index (χ4v) is 2.59. The molecule has 1 unspecified atom stereocenters. The van der Waals surface area contributed by atoms with Gasteiger partial charge in [-0.05, 0) is 51.8 Å². The SMILES string of the molecule is CC(OC(=O)c1ccc(CN2CCCC2=O)cc1)C(=O)NC(C)(C)C. The lowest BCUT2D eigenvalue weighted by molar-refractivity contribution is -0.130. The summed E-state index contributed by atoms with van der Waals surface area (Å²) in [4.78, 5) is 37.6. The van der Waals surface area contributed by atoms with Crippen molar-refractivity contribution in [3.8, 4) is 0 Å². The van der Waals surface area contributed by atoms with Gasteiger partial charge in [-0.2, -0.15) is 0 Å². The van der Waals surface area contributed by atoms with Gasteiger partial charge in [0.2, 0.25) is 5.91 Å². The number of hydrogen-bond donors (Lipinski definition) is 1. The molecule has 136 valence electrons. The van der Waals surface area contributed by atoms with Gasteiger partial charge in [-0.3, -0.25) is 9.59 Å². The van der Waals surface area contributed by atoms with E-state index in [1.807, 2.05) is 37.8 Å². The molecule has 6 heteroatoms. The number of amides is 2. The monoisotopic (exact) mass is 346 g/mol. The Kier molecular flexibility index (Phi) is 5.82. The van der Waals surface area contributed by atoms with Gasteiger partial charge in [0.05, 0.1) is 5.56 Å². The van der Waals surface area contributed by atoms with Crippen molar-refractivity contribution in [1.82, 2.24) is 10.2 Å². The van der Waals surface area contributed by atoms with E-state index in [9.17, 15) is 14.4 Å². The van der Waals surface area contributed by atoms with E-state index in [0.717, 1.165) is 18.5 Å². The zero-order valence-corrected chi connectivity index (χ0v) is 15.3.